The minimum absolute atomic E-state index is 0.0555. The zero-order valence-electron chi connectivity index (χ0n) is 15.3. The van der Waals surface area contributed by atoms with E-state index in [0.29, 0.717) is 31.1 Å². The van der Waals surface area contributed by atoms with Crippen molar-refractivity contribution in [3.05, 3.63) is 65.2 Å². The van der Waals surface area contributed by atoms with E-state index in [4.69, 9.17) is 14.7 Å². The number of benzene rings is 2. The quantitative estimate of drug-likeness (QED) is 0.628. The normalized spacial score (nSPS) is 21.4. The second-order valence-electron chi connectivity index (χ2n) is 7.03. The highest BCUT2D eigenvalue weighted by molar-refractivity contribution is 5.93. The Kier molecular flexibility index (Phi) is 5.27. The van der Waals surface area contributed by atoms with Crippen LogP contribution in [0.15, 0.2) is 48.5 Å². The van der Waals surface area contributed by atoms with Gasteiger partial charge in [0.25, 0.3) is 5.91 Å². The molecule has 0 aromatic heterocycles. The second-order valence-corrected chi connectivity index (χ2v) is 7.03. The van der Waals surface area contributed by atoms with Crippen LogP contribution in [0.5, 0.6) is 5.75 Å². The fourth-order valence-corrected chi connectivity index (χ4v) is 3.72. The topological polar surface area (TPSA) is 88.1 Å². The molecule has 2 aromatic rings. The van der Waals surface area contributed by atoms with E-state index < -0.39 is 5.91 Å². The summed E-state index contributed by atoms with van der Waals surface area (Å²) < 4.78 is 11.4. The van der Waals surface area contributed by atoms with Gasteiger partial charge in [-0.2, -0.15) is 0 Å². The van der Waals surface area contributed by atoms with Crippen LogP contribution in [0.4, 0.5) is 0 Å². The first kappa shape index (κ1) is 18.5. The average molecular weight is 382 g/mol. The van der Waals surface area contributed by atoms with E-state index in [1.54, 1.807) is 23.7 Å². The Balaban J connectivity index is 1.69. The first-order chi connectivity index (χ1) is 13.7. The molecule has 4 rings (SSSR count). The second kappa shape index (κ2) is 8.00. The van der Waals surface area contributed by atoms with Crippen molar-refractivity contribution in [3.8, 4) is 5.75 Å². The Bertz CT molecular complexity index is 864. The van der Waals surface area contributed by atoms with Gasteiger partial charge in [-0.25, -0.2) is 5.48 Å². The lowest BCUT2D eigenvalue weighted by atomic mass is 10.0. The summed E-state index contributed by atoms with van der Waals surface area (Å²) in [5.41, 5.74) is 3.74. The smallest absolute Gasteiger partial charge is 0.274 e. The van der Waals surface area contributed by atoms with Crippen LogP contribution < -0.4 is 10.2 Å². The molecule has 1 saturated heterocycles. The average Bonchev–Trinajstić information content (AvgIpc) is 3.21. The molecule has 2 N–H and O–H groups in total. The maximum atomic E-state index is 13.3. The van der Waals surface area contributed by atoms with Gasteiger partial charge in [0.05, 0.1) is 25.1 Å². The van der Waals surface area contributed by atoms with Crippen LogP contribution in [-0.2, 0) is 16.1 Å². The fraction of sp³-hybridized carbons (Fsp3) is 0.333. The van der Waals surface area contributed by atoms with Crippen LogP contribution in [0.1, 0.15) is 33.9 Å². The molecule has 0 radical (unpaired) electrons. The van der Waals surface area contributed by atoms with E-state index in [2.05, 4.69) is 0 Å². The number of carbonyl (C=O) groups is 2. The van der Waals surface area contributed by atoms with E-state index in [-0.39, 0.29) is 24.5 Å². The molecule has 2 atom stereocenters. The van der Waals surface area contributed by atoms with Crippen LogP contribution in [-0.4, -0.2) is 41.7 Å². The van der Waals surface area contributed by atoms with Gasteiger partial charge in [0.15, 0.2) is 0 Å². The van der Waals surface area contributed by atoms with E-state index in [0.717, 1.165) is 17.5 Å². The number of hydroxylamine groups is 1. The van der Waals surface area contributed by atoms with Crippen molar-refractivity contribution in [1.29, 1.82) is 0 Å². The zero-order chi connectivity index (χ0) is 19.5. The Morgan fingerprint density at radius 3 is 2.64 bits per heavy atom. The maximum absolute atomic E-state index is 13.3. The molecule has 7 heteroatoms. The summed E-state index contributed by atoms with van der Waals surface area (Å²) in [6.07, 6.45) is 0.722. The molecule has 2 amide bonds. The predicted molar refractivity (Wildman–Crippen MR) is 99.8 cm³/mol. The Hall–Kier alpha value is -2.90. The molecule has 0 unspecified atom stereocenters. The number of hydrogen-bond acceptors (Lipinski definition) is 5. The van der Waals surface area contributed by atoms with Crippen molar-refractivity contribution in [3.63, 3.8) is 0 Å². The minimum atomic E-state index is -0.605. The summed E-state index contributed by atoms with van der Waals surface area (Å²) in [6, 6.07) is 14.5. The van der Waals surface area contributed by atoms with Crippen LogP contribution in [0, 0.1) is 5.92 Å². The van der Waals surface area contributed by atoms with Gasteiger partial charge in [-0.3, -0.25) is 14.8 Å². The van der Waals surface area contributed by atoms with Gasteiger partial charge in [-0.15, -0.1) is 0 Å². The van der Waals surface area contributed by atoms with Crippen LogP contribution >= 0.6 is 0 Å². The van der Waals surface area contributed by atoms with Crippen molar-refractivity contribution in [1.82, 2.24) is 10.4 Å². The monoisotopic (exact) mass is 382 g/mol. The molecular formula is C21H22N2O5. The molecule has 146 valence electrons. The molecule has 7 nitrogen and oxygen atoms in total. The van der Waals surface area contributed by atoms with Crippen molar-refractivity contribution < 1.29 is 24.3 Å². The lowest BCUT2D eigenvalue weighted by molar-refractivity contribution is -0.139. The fourth-order valence-electron chi connectivity index (χ4n) is 3.72. The summed E-state index contributed by atoms with van der Waals surface area (Å²) in [6.45, 7) is 1.71. The number of ether oxygens (including phenoxy) is 2. The van der Waals surface area contributed by atoms with Gasteiger partial charge < -0.3 is 14.4 Å². The van der Waals surface area contributed by atoms with Crippen LogP contribution in [0.2, 0.25) is 0 Å². The molecular weight excluding hydrogens is 360 g/mol. The third-order valence-electron chi connectivity index (χ3n) is 5.29. The van der Waals surface area contributed by atoms with E-state index in [1.807, 2.05) is 35.2 Å². The molecule has 2 aliphatic rings. The molecule has 1 fully saturated rings. The van der Waals surface area contributed by atoms with E-state index in [1.165, 1.54) is 0 Å². The molecule has 2 aliphatic heterocycles. The van der Waals surface area contributed by atoms with Gasteiger partial charge in [-0.05, 0) is 24.1 Å². The number of amides is 2. The molecule has 0 saturated carbocycles. The first-order valence-electron chi connectivity index (χ1n) is 9.30. The Morgan fingerprint density at radius 1 is 1.11 bits per heavy atom. The lowest BCUT2D eigenvalue weighted by Crippen LogP contribution is -2.40. The number of fused-ring (bicyclic) bond motifs is 1. The molecule has 0 aliphatic carbocycles. The summed E-state index contributed by atoms with van der Waals surface area (Å²) in [4.78, 5) is 26.8. The largest absolute Gasteiger partial charge is 0.491 e. The maximum Gasteiger partial charge on any atom is 0.274 e. The standard InChI is InChI=1S/C21H22N2O5/c24-20(22-26)15-6-7-16-11-23(21(25)17-8-9-27-12-17)18(13-28-19(16)10-15)14-4-2-1-3-5-14/h1-7,10,17-18,26H,8-9,11-13H2,(H,22,24)/t17-,18+/m0/s1. The molecule has 0 bridgehead atoms. The third kappa shape index (κ3) is 3.58. The van der Waals surface area contributed by atoms with Gasteiger partial charge in [0, 0.05) is 17.7 Å². The van der Waals surface area contributed by atoms with Crippen molar-refractivity contribution in [2.24, 2.45) is 5.92 Å². The highest BCUT2D eigenvalue weighted by Gasteiger charge is 2.35. The zero-order valence-corrected chi connectivity index (χ0v) is 15.3. The number of rotatable bonds is 3. The van der Waals surface area contributed by atoms with Crippen molar-refractivity contribution in [2.45, 2.75) is 19.0 Å². The number of nitrogens with zero attached hydrogens (tertiary/aromatic N) is 1. The van der Waals surface area contributed by atoms with E-state index in [9.17, 15) is 9.59 Å². The Labute approximate surface area is 162 Å². The highest BCUT2D eigenvalue weighted by Crippen LogP contribution is 2.34. The van der Waals surface area contributed by atoms with Gasteiger partial charge in [0.2, 0.25) is 5.91 Å². The summed E-state index contributed by atoms with van der Waals surface area (Å²) in [5, 5.41) is 8.87. The first-order valence-corrected chi connectivity index (χ1v) is 9.30. The van der Waals surface area contributed by atoms with Gasteiger partial charge in [-0.1, -0.05) is 36.4 Å². The number of carbonyl (C=O) groups excluding carboxylic acids is 2. The van der Waals surface area contributed by atoms with Crippen LogP contribution in [0.25, 0.3) is 0 Å². The van der Waals surface area contributed by atoms with Crippen molar-refractivity contribution >= 4 is 11.8 Å². The SMILES string of the molecule is O=C(NO)c1ccc2c(c1)OC[C@H](c1ccccc1)N(C(=O)[C@H]1CCOC1)C2. The summed E-state index contributed by atoms with van der Waals surface area (Å²) >= 11 is 0. The highest BCUT2D eigenvalue weighted by atomic mass is 16.5. The molecule has 28 heavy (non-hydrogen) atoms. The summed E-state index contributed by atoms with van der Waals surface area (Å²) in [5.74, 6) is -0.154. The number of hydrogen-bond donors (Lipinski definition) is 2. The molecule has 0 spiro atoms. The predicted octanol–water partition coefficient (Wildman–Crippen LogP) is 2.30. The lowest BCUT2D eigenvalue weighted by Gasteiger charge is -2.31. The van der Waals surface area contributed by atoms with E-state index >= 15 is 0 Å². The molecule has 2 aromatic carbocycles. The minimum Gasteiger partial charge on any atom is -0.491 e. The van der Waals surface area contributed by atoms with Crippen LogP contribution in [0.3, 0.4) is 0 Å². The Morgan fingerprint density at radius 2 is 1.93 bits per heavy atom. The summed E-state index contributed by atoms with van der Waals surface area (Å²) in [7, 11) is 0. The van der Waals surface area contributed by atoms with Gasteiger partial charge in [0.1, 0.15) is 12.4 Å². The molecule has 2 heterocycles. The third-order valence-corrected chi connectivity index (χ3v) is 5.29. The number of nitrogens with one attached hydrogen (secondary N) is 1. The van der Waals surface area contributed by atoms with Gasteiger partial charge >= 0.3 is 0 Å². The van der Waals surface area contributed by atoms with Crippen molar-refractivity contribution in [2.75, 3.05) is 19.8 Å².